The molecule has 0 saturated heterocycles. The van der Waals surface area contributed by atoms with E-state index in [1.54, 1.807) is 0 Å². The van der Waals surface area contributed by atoms with Crippen LogP contribution in [0.2, 0.25) is 0 Å². The van der Waals surface area contributed by atoms with Crippen molar-refractivity contribution in [2.24, 2.45) is 0 Å². The molecule has 0 aromatic heterocycles. The van der Waals surface area contributed by atoms with Gasteiger partial charge in [-0.2, -0.15) is 8.42 Å². The van der Waals surface area contributed by atoms with Gasteiger partial charge in [0.25, 0.3) is 0 Å². The molecule has 105 valence electrons. The van der Waals surface area contributed by atoms with Gasteiger partial charge in [-0.05, 0) is 6.42 Å². The maximum atomic E-state index is 10.2. The van der Waals surface area contributed by atoms with E-state index in [4.69, 9.17) is 4.55 Å². The van der Waals surface area contributed by atoms with E-state index in [-0.39, 0.29) is 64.8 Å². The molecule has 0 unspecified atom stereocenters. The van der Waals surface area contributed by atoms with Gasteiger partial charge >= 0.3 is 10.4 Å². The molecule has 0 aliphatic rings. The van der Waals surface area contributed by atoms with Crippen LogP contribution in [-0.2, 0) is 14.6 Å². The van der Waals surface area contributed by atoms with Gasteiger partial charge < -0.3 is 0 Å². The SMILES string of the molecule is CCCCCCCCCCCCOS(=O)(=O)O.[Rb]. The van der Waals surface area contributed by atoms with Gasteiger partial charge in [0.05, 0.1) is 6.61 Å². The Labute approximate surface area is 161 Å². The molecule has 0 aromatic carbocycles. The third-order valence-corrected chi connectivity index (χ3v) is 3.19. The molecular weight excluding hydrogens is 326 g/mol. The summed E-state index contributed by atoms with van der Waals surface area (Å²) in [5.41, 5.74) is 0. The second kappa shape index (κ2) is 15.1. The Morgan fingerprint density at radius 3 is 1.61 bits per heavy atom. The van der Waals surface area contributed by atoms with E-state index < -0.39 is 10.4 Å². The van der Waals surface area contributed by atoms with E-state index in [9.17, 15) is 8.42 Å². The molecule has 0 amide bonds. The number of hydrogen-bond donors (Lipinski definition) is 1. The van der Waals surface area contributed by atoms with Crippen molar-refractivity contribution in [1.82, 2.24) is 0 Å². The smallest absolute Gasteiger partial charge is 0.264 e. The van der Waals surface area contributed by atoms with Crippen molar-refractivity contribution in [3.8, 4) is 0 Å². The second-order valence-corrected chi connectivity index (χ2v) is 5.52. The average molecular weight is 352 g/mol. The Bertz CT molecular complexity index is 255. The van der Waals surface area contributed by atoms with Crippen molar-refractivity contribution in [1.29, 1.82) is 0 Å². The largest absolute Gasteiger partial charge is 0.397 e. The van der Waals surface area contributed by atoms with E-state index in [0.717, 1.165) is 12.8 Å². The molecule has 0 atom stereocenters. The Hall–Kier alpha value is 1.68. The average Bonchev–Trinajstić information content (AvgIpc) is 2.24. The third kappa shape index (κ3) is 20.0. The summed E-state index contributed by atoms with van der Waals surface area (Å²) in [4.78, 5) is 0. The summed E-state index contributed by atoms with van der Waals surface area (Å²) in [6.45, 7) is 2.31. The van der Waals surface area contributed by atoms with Gasteiger partial charge in [-0.3, -0.25) is 4.55 Å². The Kier molecular flexibility index (Phi) is 18.4. The van der Waals surface area contributed by atoms with Crippen molar-refractivity contribution in [2.75, 3.05) is 6.61 Å². The van der Waals surface area contributed by atoms with Crippen LogP contribution in [0, 0.1) is 0 Å². The van der Waals surface area contributed by atoms with Crippen LogP contribution in [0.3, 0.4) is 0 Å². The van der Waals surface area contributed by atoms with Crippen LogP contribution in [0.4, 0.5) is 0 Å². The summed E-state index contributed by atoms with van der Waals surface area (Å²) in [6, 6.07) is 0. The van der Waals surface area contributed by atoms with E-state index in [0.29, 0.717) is 6.42 Å². The fraction of sp³-hybridized carbons (Fsp3) is 1.00. The first-order chi connectivity index (χ1) is 8.06. The third-order valence-electron chi connectivity index (χ3n) is 2.73. The number of hydrogen-bond acceptors (Lipinski definition) is 3. The minimum Gasteiger partial charge on any atom is -0.264 e. The quantitative estimate of drug-likeness (QED) is 0.432. The minimum absolute atomic E-state index is 0. The second-order valence-electron chi connectivity index (χ2n) is 4.43. The monoisotopic (exact) mass is 351 g/mol. The van der Waals surface area contributed by atoms with Gasteiger partial charge in [0, 0.05) is 58.2 Å². The zero-order valence-corrected chi connectivity index (χ0v) is 17.6. The molecule has 0 heterocycles. The normalized spacial score (nSPS) is 11.2. The molecule has 0 fully saturated rings. The molecule has 0 aromatic rings. The fourth-order valence-corrected chi connectivity index (χ4v) is 2.08. The molecule has 0 aliphatic heterocycles. The molecule has 1 N–H and O–H groups in total. The summed E-state index contributed by atoms with van der Waals surface area (Å²) in [5, 5.41) is 0. The molecule has 0 spiro atoms. The maximum absolute atomic E-state index is 10.2. The molecule has 1 radical (unpaired) electrons. The van der Waals surface area contributed by atoms with Crippen LogP contribution < -0.4 is 0 Å². The fourth-order valence-electron chi connectivity index (χ4n) is 1.75. The van der Waals surface area contributed by atoms with Crippen LogP contribution >= 0.6 is 0 Å². The van der Waals surface area contributed by atoms with Crippen molar-refractivity contribution in [2.45, 2.75) is 71.1 Å². The first kappa shape index (κ1) is 22.0. The molecule has 6 heteroatoms. The molecular formula is C12H26O4RbS. The van der Waals surface area contributed by atoms with Crippen LogP contribution in [0.1, 0.15) is 71.1 Å². The minimum atomic E-state index is -4.23. The number of unbranched alkanes of at least 4 members (excludes halogenated alkanes) is 9. The van der Waals surface area contributed by atoms with E-state index in [2.05, 4.69) is 11.1 Å². The summed E-state index contributed by atoms with van der Waals surface area (Å²) in [5.74, 6) is 0. The summed E-state index contributed by atoms with van der Waals surface area (Å²) in [7, 11) is -4.23. The van der Waals surface area contributed by atoms with Crippen LogP contribution in [0.25, 0.3) is 0 Å². The van der Waals surface area contributed by atoms with Crippen molar-refractivity contribution < 1.29 is 17.2 Å². The van der Waals surface area contributed by atoms with Gasteiger partial charge in [0.1, 0.15) is 0 Å². The van der Waals surface area contributed by atoms with Gasteiger partial charge in [-0.15, -0.1) is 0 Å². The zero-order chi connectivity index (χ0) is 13.0. The van der Waals surface area contributed by atoms with Gasteiger partial charge in [0.2, 0.25) is 0 Å². The summed E-state index contributed by atoms with van der Waals surface area (Å²) in [6.07, 6.45) is 11.9. The van der Waals surface area contributed by atoms with Crippen LogP contribution in [-0.4, -0.2) is 77.8 Å². The van der Waals surface area contributed by atoms with Crippen LogP contribution in [0.5, 0.6) is 0 Å². The zero-order valence-electron chi connectivity index (χ0n) is 11.9. The predicted molar refractivity (Wildman–Crippen MR) is 75.1 cm³/mol. The summed E-state index contributed by atoms with van der Waals surface area (Å²) < 4.78 is 33.0. The standard InChI is InChI=1S/C12H26O4S.Rb/c1-2-3-4-5-6-7-8-9-10-11-12-16-17(13,14)15;/h2-12H2,1H3,(H,13,14,15);. The predicted octanol–water partition coefficient (Wildman–Crippen LogP) is 3.35. The van der Waals surface area contributed by atoms with Crippen LogP contribution in [0.15, 0.2) is 0 Å². The Morgan fingerprint density at radius 1 is 0.833 bits per heavy atom. The van der Waals surface area contributed by atoms with E-state index in [1.807, 2.05) is 0 Å². The van der Waals surface area contributed by atoms with Gasteiger partial charge in [-0.25, -0.2) is 4.18 Å². The molecule has 0 aliphatic carbocycles. The van der Waals surface area contributed by atoms with Gasteiger partial charge in [0.15, 0.2) is 0 Å². The molecule has 0 bridgehead atoms. The molecule has 18 heavy (non-hydrogen) atoms. The van der Waals surface area contributed by atoms with Gasteiger partial charge in [-0.1, -0.05) is 64.7 Å². The Morgan fingerprint density at radius 2 is 1.22 bits per heavy atom. The van der Waals surface area contributed by atoms with Crippen molar-refractivity contribution in [3.63, 3.8) is 0 Å². The molecule has 0 saturated carbocycles. The first-order valence-corrected chi connectivity index (χ1v) is 8.04. The Balaban J connectivity index is 0. The van der Waals surface area contributed by atoms with Crippen molar-refractivity contribution >= 4 is 68.6 Å². The topological polar surface area (TPSA) is 63.6 Å². The van der Waals surface area contributed by atoms with Crippen molar-refractivity contribution in [3.05, 3.63) is 0 Å². The molecule has 4 nitrogen and oxygen atoms in total. The number of rotatable bonds is 12. The van der Waals surface area contributed by atoms with E-state index >= 15 is 0 Å². The molecule has 0 rings (SSSR count). The maximum Gasteiger partial charge on any atom is 0.397 e. The summed E-state index contributed by atoms with van der Waals surface area (Å²) >= 11 is 0. The first-order valence-electron chi connectivity index (χ1n) is 6.68. The van der Waals surface area contributed by atoms with E-state index in [1.165, 1.54) is 44.9 Å².